The summed E-state index contributed by atoms with van der Waals surface area (Å²) in [5, 5.41) is 13.4. The minimum absolute atomic E-state index is 0.0307. The van der Waals surface area contributed by atoms with Crippen LogP contribution in [-0.4, -0.2) is 23.6 Å². The van der Waals surface area contributed by atoms with Crippen LogP contribution in [0, 0.1) is 6.92 Å². The Bertz CT molecular complexity index is 927. The average molecular weight is 353 g/mol. The van der Waals surface area contributed by atoms with Gasteiger partial charge in [-0.1, -0.05) is 29.8 Å². The van der Waals surface area contributed by atoms with Crippen LogP contribution in [0.3, 0.4) is 0 Å². The van der Waals surface area contributed by atoms with E-state index >= 15 is 0 Å². The maximum Gasteiger partial charge on any atom is 0.342 e. The standard InChI is InChI=1S/C20H19NO5/c1-12-7-8-16(22)15(9-12)20(24)25-11-19(23)21-13(2)18-10-14-5-3-4-6-17(14)26-18/h3-10,13,22H,11H2,1-2H3,(H,21,23)/t13-/m1/s1. The van der Waals surface area contributed by atoms with E-state index in [4.69, 9.17) is 9.15 Å². The molecule has 26 heavy (non-hydrogen) atoms. The van der Waals surface area contributed by atoms with Gasteiger partial charge < -0.3 is 19.6 Å². The molecule has 0 aliphatic rings. The lowest BCUT2D eigenvalue weighted by molar-refractivity contribution is -0.125. The Morgan fingerprint density at radius 2 is 1.96 bits per heavy atom. The topological polar surface area (TPSA) is 88.8 Å². The van der Waals surface area contributed by atoms with E-state index in [0.717, 1.165) is 16.5 Å². The van der Waals surface area contributed by atoms with Gasteiger partial charge in [-0.15, -0.1) is 0 Å². The van der Waals surface area contributed by atoms with E-state index < -0.39 is 18.5 Å². The fourth-order valence-electron chi connectivity index (χ4n) is 2.59. The third-order valence-electron chi connectivity index (χ3n) is 3.96. The second-order valence-electron chi connectivity index (χ2n) is 6.07. The molecule has 0 saturated carbocycles. The summed E-state index contributed by atoms with van der Waals surface area (Å²) >= 11 is 0. The number of hydrogen-bond acceptors (Lipinski definition) is 5. The fraction of sp³-hybridized carbons (Fsp3) is 0.200. The number of phenolic OH excluding ortho intramolecular Hbond substituents is 1. The molecule has 2 aromatic carbocycles. The van der Waals surface area contributed by atoms with Gasteiger partial charge in [0.25, 0.3) is 5.91 Å². The van der Waals surface area contributed by atoms with E-state index in [1.807, 2.05) is 30.3 Å². The van der Waals surface area contributed by atoms with Crippen molar-refractivity contribution in [2.24, 2.45) is 0 Å². The van der Waals surface area contributed by atoms with Crippen LogP contribution in [0.5, 0.6) is 5.75 Å². The lowest BCUT2D eigenvalue weighted by atomic mass is 10.1. The zero-order chi connectivity index (χ0) is 18.7. The van der Waals surface area contributed by atoms with Gasteiger partial charge in [0.1, 0.15) is 22.7 Å². The van der Waals surface area contributed by atoms with Gasteiger partial charge in [-0.05, 0) is 38.1 Å². The highest BCUT2D eigenvalue weighted by atomic mass is 16.5. The van der Waals surface area contributed by atoms with Crippen LogP contribution in [0.4, 0.5) is 0 Å². The average Bonchev–Trinajstić information content (AvgIpc) is 3.06. The number of fused-ring (bicyclic) bond motifs is 1. The molecule has 0 spiro atoms. The van der Waals surface area contributed by atoms with E-state index in [9.17, 15) is 14.7 Å². The summed E-state index contributed by atoms with van der Waals surface area (Å²) in [6.07, 6.45) is 0. The maximum atomic E-state index is 12.0. The van der Waals surface area contributed by atoms with Gasteiger partial charge >= 0.3 is 5.97 Å². The zero-order valence-corrected chi connectivity index (χ0v) is 14.5. The van der Waals surface area contributed by atoms with E-state index in [-0.39, 0.29) is 17.4 Å². The van der Waals surface area contributed by atoms with Crippen molar-refractivity contribution in [3.05, 3.63) is 65.4 Å². The molecule has 0 fully saturated rings. The van der Waals surface area contributed by atoms with Crippen LogP contribution in [0.15, 0.2) is 52.9 Å². The highest BCUT2D eigenvalue weighted by molar-refractivity contribution is 5.94. The summed E-state index contributed by atoms with van der Waals surface area (Å²) in [6.45, 7) is 3.12. The van der Waals surface area contributed by atoms with Crippen molar-refractivity contribution in [3.63, 3.8) is 0 Å². The van der Waals surface area contributed by atoms with Crippen molar-refractivity contribution < 1.29 is 23.8 Å². The molecule has 1 atom stereocenters. The number of phenols is 1. The summed E-state index contributed by atoms with van der Waals surface area (Å²) in [5.74, 6) is -0.782. The molecule has 3 aromatic rings. The Morgan fingerprint density at radius 1 is 1.19 bits per heavy atom. The van der Waals surface area contributed by atoms with Crippen molar-refractivity contribution in [1.82, 2.24) is 5.32 Å². The third kappa shape index (κ3) is 3.85. The minimum atomic E-state index is -0.752. The van der Waals surface area contributed by atoms with Gasteiger partial charge in [0.05, 0.1) is 6.04 Å². The first-order valence-corrected chi connectivity index (χ1v) is 8.18. The molecule has 6 heteroatoms. The third-order valence-corrected chi connectivity index (χ3v) is 3.96. The largest absolute Gasteiger partial charge is 0.507 e. The smallest absolute Gasteiger partial charge is 0.342 e. The van der Waals surface area contributed by atoms with E-state index in [1.165, 1.54) is 12.1 Å². The number of para-hydroxylation sites is 1. The van der Waals surface area contributed by atoms with Crippen LogP contribution in [-0.2, 0) is 9.53 Å². The quantitative estimate of drug-likeness (QED) is 0.686. The number of nitrogens with one attached hydrogen (secondary N) is 1. The SMILES string of the molecule is Cc1ccc(O)c(C(=O)OCC(=O)N[C@H](C)c2cc3ccccc3o2)c1. The second-order valence-corrected chi connectivity index (χ2v) is 6.07. The number of aryl methyl sites for hydroxylation is 1. The van der Waals surface area contributed by atoms with Crippen molar-refractivity contribution in [2.45, 2.75) is 19.9 Å². The highest BCUT2D eigenvalue weighted by Crippen LogP contribution is 2.23. The zero-order valence-electron chi connectivity index (χ0n) is 14.5. The predicted molar refractivity (Wildman–Crippen MR) is 95.9 cm³/mol. The Labute approximate surface area is 150 Å². The summed E-state index contributed by atoms with van der Waals surface area (Å²) in [7, 11) is 0. The summed E-state index contributed by atoms with van der Waals surface area (Å²) in [6, 6.07) is 13.6. The number of benzene rings is 2. The minimum Gasteiger partial charge on any atom is -0.507 e. The molecule has 1 heterocycles. The Balaban J connectivity index is 1.58. The lowest BCUT2D eigenvalue weighted by Crippen LogP contribution is -2.31. The maximum absolute atomic E-state index is 12.0. The number of carbonyl (C=O) groups is 2. The van der Waals surface area contributed by atoms with Gasteiger partial charge in [-0.3, -0.25) is 4.79 Å². The summed E-state index contributed by atoms with van der Waals surface area (Å²) in [4.78, 5) is 24.1. The molecule has 0 aliphatic heterocycles. The molecule has 1 aromatic heterocycles. The number of hydrogen-bond donors (Lipinski definition) is 2. The van der Waals surface area contributed by atoms with Crippen molar-refractivity contribution in [3.8, 4) is 5.75 Å². The number of amides is 1. The van der Waals surface area contributed by atoms with Gasteiger partial charge in [-0.2, -0.15) is 0 Å². The molecule has 0 saturated heterocycles. The predicted octanol–water partition coefficient (Wildman–Crippen LogP) is 3.48. The lowest BCUT2D eigenvalue weighted by Gasteiger charge is -2.12. The van der Waals surface area contributed by atoms with Gasteiger partial charge in [0.15, 0.2) is 6.61 Å². The Kier molecular flexibility index (Phi) is 4.93. The molecule has 2 N–H and O–H groups in total. The number of furan rings is 1. The van der Waals surface area contributed by atoms with Crippen LogP contribution in [0.1, 0.15) is 34.6 Å². The molecule has 0 radical (unpaired) electrons. The normalized spacial score (nSPS) is 11.9. The molecule has 0 aliphatic carbocycles. The molecule has 134 valence electrons. The van der Waals surface area contributed by atoms with E-state index in [0.29, 0.717) is 5.76 Å². The van der Waals surface area contributed by atoms with Gasteiger partial charge in [-0.25, -0.2) is 4.79 Å². The number of carbonyl (C=O) groups excluding carboxylic acids is 2. The number of esters is 1. The van der Waals surface area contributed by atoms with Gasteiger partial charge in [0, 0.05) is 5.39 Å². The van der Waals surface area contributed by atoms with Crippen LogP contribution in [0.2, 0.25) is 0 Å². The molecule has 0 unspecified atom stereocenters. The molecule has 3 rings (SSSR count). The van der Waals surface area contributed by atoms with Crippen molar-refractivity contribution in [1.29, 1.82) is 0 Å². The molecular formula is C20H19NO5. The molecule has 6 nitrogen and oxygen atoms in total. The monoisotopic (exact) mass is 353 g/mol. The van der Waals surface area contributed by atoms with Crippen molar-refractivity contribution >= 4 is 22.8 Å². The molecule has 1 amide bonds. The first kappa shape index (κ1) is 17.5. The summed E-state index contributed by atoms with van der Waals surface area (Å²) < 4.78 is 10.7. The first-order chi connectivity index (χ1) is 12.4. The fourth-order valence-corrected chi connectivity index (χ4v) is 2.59. The van der Waals surface area contributed by atoms with E-state index in [1.54, 1.807) is 19.9 Å². The van der Waals surface area contributed by atoms with Gasteiger partial charge in [0.2, 0.25) is 0 Å². The Morgan fingerprint density at radius 3 is 2.73 bits per heavy atom. The number of aromatic hydroxyl groups is 1. The van der Waals surface area contributed by atoms with Crippen LogP contribution >= 0.6 is 0 Å². The second kappa shape index (κ2) is 7.31. The van der Waals surface area contributed by atoms with Crippen LogP contribution < -0.4 is 5.32 Å². The molecular weight excluding hydrogens is 334 g/mol. The highest BCUT2D eigenvalue weighted by Gasteiger charge is 2.17. The first-order valence-electron chi connectivity index (χ1n) is 8.18. The van der Waals surface area contributed by atoms with Crippen molar-refractivity contribution in [2.75, 3.05) is 6.61 Å². The van der Waals surface area contributed by atoms with E-state index in [2.05, 4.69) is 5.32 Å². The molecule has 0 bridgehead atoms. The number of ether oxygens (including phenoxy) is 1. The van der Waals surface area contributed by atoms with Crippen LogP contribution in [0.25, 0.3) is 11.0 Å². The number of rotatable bonds is 5. The Hall–Kier alpha value is -3.28. The summed E-state index contributed by atoms with van der Waals surface area (Å²) in [5.41, 5.74) is 1.57.